The highest BCUT2D eigenvalue weighted by Gasteiger charge is 2.26. The van der Waals surface area contributed by atoms with Gasteiger partial charge in [0.05, 0.1) is 18.1 Å². The van der Waals surface area contributed by atoms with Gasteiger partial charge in [-0.25, -0.2) is 4.39 Å². The molecule has 3 aromatic carbocycles. The number of H-pyrrole nitrogens is 1. The Morgan fingerprint density at radius 2 is 1.91 bits per heavy atom. The Kier molecular flexibility index (Phi) is 6.28. The van der Waals surface area contributed by atoms with Crippen LogP contribution in [0, 0.1) is 15.9 Å². The fraction of sp³-hybridized carbons (Fsp3) is 0.167. The third-order valence-electron chi connectivity index (χ3n) is 5.28. The molecule has 0 aliphatic carbocycles. The molecular formula is C24H20ClFN2O4. The summed E-state index contributed by atoms with van der Waals surface area (Å²) in [6, 6.07) is 17.0. The minimum atomic E-state index is -0.543. The average Bonchev–Trinajstić information content (AvgIpc) is 3.21. The zero-order valence-corrected chi connectivity index (χ0v) is 17.9. The number of nitrogens with zero attached hydrogens (tertiary/aromatic N) is 1. The van der Waals surface area contributed by atoms with Crippen LogP contribution in [0.5, 0.6) is 11.5 Å². The van der Waals surface area contributed by atoms with E-state index in [0.717, 1.165) is 22.0 Å². The number of methoxy groups -OCH3 is 1. The van der Waals surface area contributed by atoms with Gasteiger partial charge in [0.25, 0.3) is 0 Å². The van der Waals surface area contributed by atoms with Crippen molar-refractivity contribution in [3.8, 4) is 11.5 Å². The molecule has 4 aromatic rings. The van der Waals surface area contributed by atoms with Gasteiger partial charge in [-0.2, -0.15) is 0 Å². The van der Waals surface area contributed by atoms with E-state index in [4.69, 9.17) is 21.1 Å². The number of para-hydroxylation sites is 1. The Hall–Kier alpha value is -3.58. The number of hydrogen-bond donors (Lipinski definition) is 1. The Labute approximate surface area is 188 Å². The van der Waals surface area contributed by atoms with Crippen molar-refractivity contribution in [3.63, 3.8) is 0 Å². The molecule has 0 radical (unpaired) electrons. The number of aromatic nitrogens is 1. The molecule has 0 spiro atoms. The first-order chi connectivity index (χ1) is 15.5. The second-order valence-electron chi connectivity index (χ2n) is 7.31. The lowest BCUT2D eigenvalue weighted by Crippen LogP contribution is -2.14. The third kappa shape index (κ3) is 4.53. The molecular weight excluding hydrogens is 435 g/mol. The van der Waals surface area contributed by atoms with Crippen molar-refractivity contribution in [1.82, 2.24) is 4.98 Å². The largest absolute Gasteiger partial charge is 0.493 e. The number of rotatable bonds is 8. The second-order valence-corrected chi connectivity index (χ2v) is 7.71. The van der Waals surface area contributed by atoms with Gasteiger partial charge in [-0.3, -0.25) is 10.1 Å². The number of nitrogens with one attached hydrogen (secondary N) is 1. The Balaban J connectivity index is 1.70. The molecule has 1 aromatic heterocycles. The van der Waals surface area contributed by atoms with Crippen LogP contribution in [0.25, 0.3) is 10.9 Å². The van der Waals surface area contributed by atoms with Crippen molar-refractivity contribution in [2.45, 2.75) is 12.5 Å². The summed E-state index contributed by atoms with van der Waals surface area (Å²) in [5.41, 5.74) is 3.10. The van der Waals surface area contributed by atoms with Gasteiger partial charge in [0.15, 0.2) is 11.5 Å². The van der Waals surface area contributed by atoms with Crippen LogP contribution in [0.1, 0.15) is 22.6 Å². The summed E-state index contributed by atoms with van der Waals surface area (Å²) in [5, 5.41) is 12.7. The first-order valence-corrected chi connectivity index (χ1v) is 10.3. The van der Waals surface area contributed by atoms with E-state index in [2.05, 4.69) is 4.98 Å². The lowest BCUT2D eigenvalue weighted by atomic mass is 9.90. The molecule has 1 heterocycles. The summed E-state index contributed by atoms with van der Waals surface area (Å²) in [7, 11) is 1.48. The van der Waals surface area contributed by atoms with Crippen LogP contribution in [0.3, 0.4) is 0 Å². The highest BCUT2D eigenvalue weighted by molar-refractivity contribution is 6.32. The Morgan fingerprint density at radius 3 is 2.62 bits per heavy atom. The molecule has 1 atom stereocenters. The molecule has 0 bridgehead atoms. The van der Waals surface area contributed by atoms with E-state index in [1.54, 1.807) is 30.5 Å². The van der Waals surface area contributed by atoms with E-state index in [9.17, 15) is 14.5 Å². The van der Waals surface area contributed by atoms with Gasteiger partial charge >= 0.3 is 0 Å². The summed E-state index contributed by atoms with van der Waals surface area (Å²) in [4.78, 5) is 14.3. The first kappa shape index (κ1) is 21.6. The van der Waals surface area contributed by atoms with Crippen LogP contribution in [0.15, 0.2) is 66.9 Å². The minimum absolute atomic E-state index is 0.163. The molecule has 0 saturated heterocycles. The van der Waals surface area contributed by atoms with E-state index >= 15 is 0 Å². The van der Waals surface area contributed by atoms with Crippen LogP contribution in [-0.2, 0) is 6.61 Å². The van der Waals surface area contributed by atoms with Gasteiger partial charge in [0.1, 0.15) is 12.4 Å². The number of aromatic amines is 1. The lowest BCUT2D eigenvalue weighted by molar-refractivity contribution is -0.481. The van der Waals surface area contributed by atoms with Crippen molar-refractivity contribution in [3.05, 3.63) is 105 Å². The molecule has 164 valence electrons. The summed E-state index contributed by atoms with van der Waals surface area (Å²) in [5.74, 6) is -0.189. The molecule has 6 nitrogen and oxygen atoms in total. The molecule has 32 heavy (non-hydrogen) atoms. The average molecular weight is 455 g/mol. The number of benzene rings is 3. The molecule has 0 unspecified atom stereocenters. The minimum Gasteiger partial charge on any atom is -0.493 e. The van der Waals surface area contributed by atoms with Crippen LogP contribution < -0.4 is 9.47 Å². The Bertz CT molecular complexity index is 1260. The number of hydrogen-bond acceptors (Lipinski definition) is 4. The molecule has 0 aliphatic heterocycles. The van der Waals surface area contributed by atoms with E-state index in [1.165, 1.54) is 19.2 Å². The topological polar surface area (TPSA) is 77.4 Å². The van der Waals surface area contributed by atoms with Crippen molar-refractivity contribution >= 4 is 22.5 Å². The molecule has 0 amide bonds. The van der Waals surface area contributed by atoms with Gasteiger partial charge in [0.2, 0.25) is 6.54 Å². The first-order valence-electron chi connectivity index (χ1n) is 9.88. The van der Waals surface area contributed by atoms with Crippen molar-refractivity contribution in [2.24, 2.45) is 0 Å². The maximum absolute atomic E-state index is 13.1. The molecule has 1 N–H and O–H groups in total. The fourth-order valence-corrected chi connectivity index (χ4v) is 4.01. The zero-order valence-electron chi connectivity index (χ0n) is 17.2. The summed E-state index contributed by atoms with van der Waals surface area (Å²) < 4.78 is 24.5. The second kappa shape index (κ2) is 9.28. The lowest BCUT2D eigenvalue weighted by Gasteiger charge is -2.18. The van der Waals surface area contributed by atoms with Gasteiger partial charge < -0.3 is 14.5 Å². The monoisotopic (exact) mass is 454 g/mol. The fourth-order valence-electron chi connectivity index (χ4n) is 3.73. The molecule has 4 rings (SSSR count). The van der Waals surface area contributed by atoms with E-state index in [-0.39, 0.29) is 28.9 Å². The predicted molar refractivity (Wildman–Crippen MR) is 121 cm³/mol. The molecule has 0 saturated carbocycles. The quantitative estimate of drug-likeness (QED) is 0.263. The van der Waals surface area contributed by atoms with Crippen molar-refractivity contribution in [1.29, 1.82) is 0 Å². The highest BCUT2D eigenvalue weighted by Crippen LogP contribution is 2.41. The van der Waals surface area contributed by atoms with Crippen molar-refractivity contribution in [2.75, 3.05) is 13.7 Å². The predicted octanol–water partition coefficient (Wildman–Crippen LogP) is 5.96. The van der Waals surface area contributed by atoms with E-state index < -0.39 is 5.92 Å². The molecule has 8 heteroatoms. The smallest absolute Gasteiger partial charge is 0.214 e. The van der Waals surface area contributed by atoms with Gasteiger partial charge in [0, 0.05) is 22.0 Å². The van der Waals surface area contributed by atoms with Crippen molar-refractivity contribution < 1.29 is 18.8 Å². The maximum Gasteiger partial charge on any atom is 0.214 e. The van der Waals surface area contributed by atoms with Gasteiger partial charge in [-0.15, -0.1) is 0 Å². The number of nitro groups is 1. The van der Waals surface area contributed by atoms with Crippen LogP contribution in [0.2, 0.25) is 5.02 Å². The summed E-state index contributed by atoms with van der Waals surface area (Å²) in [6.07, 6.45) is 1.79. The number of fused-ring (bicyclic) bond motifs is 1. The summed E-state index contributed by atoms with van der Waals surface area (Å²) in [6.45, 7) is -0.145. The van der Waals surface area contributed by atoms with Gasteiger partial charge in [-0.05, 0) is 47.0 Å². The van der Waals surface area contributed by atoms with Gasteiger partial charge in [-0.1, -0.05) is 41.9 Å². The SMILES string of the molecule is COc1cc([C@H](C[N+](=O)[O-])c2c[nH]c3ccccc23)cc(Cl)c1OCc1ccc(F)cc1. The van der Waals surface area contributed by atoms with E-state index in [1.807, 2.05) is 24.3 Å². The number of halogens is 2. The van der Waals surface area contributed by atoms with Crippen LogP contribution in [-0.4, -0.2) is 23.6 Å². The summed E-state index contributed by atoms with van der Waals surface area (Å²) >= 11 is 6.52. The number of ether oxygens (including phenoxy) is 2. The molecule has 0 aliphatic rings. The maximum atomic E-state index is 13.1. The standard InChI is InChI=1S/C24H20ClFN2O4/c1-31-23-11-16(10-21(25)24(23)32-14-15-6-8-17(26)9-7-15)20(13-28(29)30)19-12-27-22-5-3-2-4-18(19)22/h2-12,20,27H,13-14H2,1H3/t20-/m0/s1. The van der Waals surface area contributed by atoms with E-state index in [0.29, 0.717) is 17.1 Å². The zero-order chi connectivity index (χ0) is 22.7. The normalized spacial score (nSPS) is 12.0. The third-order valence-corrected chi connectivity index (χ3v) is 5.56. The highest BCUT2D eigenvalue weighted by atomic mass is 35.5. The Morgan fingerprint density at radius 1 is 1.16 bits per heavy atom. The van der Waals surface area contributed by atoms with Crippen LogP contribution in [0.4, 0.5) is 4.39 Å². The van der Waals surface area contributed by atoms with Crippen LogP contribution >= 0.6 is 11.6 Å². The molecule has 0 fully saturated rings.